The lowest BCUT2D eigenvalue weighted by Gasteiger charge is -2.31. The van der Waals surface area contributed by atoms with Crippen molar-refractivity contribution in [3.63, 3.8) is 0 Å². The fraction of sp³-hybridized carbons (Fsp3) is 0.379. The van der Waals surface area contributed by atoms with Gasteiger partial charge in [0.25, 0.3) is 5.56 Å². The zero-order chi connectivity index (χ0) is 29.1. The van der Waals surface area contributed by atoms with Crippen LogP contribution in [0.15, 0.2) is 46.5 Å². The molecule has 1 aliphatic rings. The van der Waals surface area contributed by atoms with Crippen LogP contribution in [-0.4, -0.2) is 60.4 Å². The number of para-hydroxylation sites is 1. The Balaban J connectivity index is 1.73. The van der Waals surface area contributed by atoms with Crippen molar-refractivity contribution in [1.82, 2.24) is 28.7 Å². The fourth-order valence-electron chi connectivity index (χ4n) is 5.14. The van der Waals surface area contributed by atoms with Gasteiger partial charge < -0.3 is 15.4 Å². The topological polar surface area (TPSA) is 143 Å². The molecular formula is C29H32N8O4. The van der Waals surface area contributed by atoms with Gasteiger partial charge >= 0.3 is 11.7 Å². The number of aryl methyl sites for hydroxylation is 1. The second-order valence-electron chi connectivity index (χ2n) is 9.92. The van der Waals surface area contributed by atoms with E-state index in [4.69, 9.17) is 15.5 Å². The summed E-state index contributed by atoms with van der Waals surface area (Å²) in [5.41, 5.74) is 6.60. The molecule has 0 saturated carbocycles. The zero-order valence-electron chi connectivity index (χ0n) is 23.2. The summed E-state index contributed by atoms with van der Waals surface area (Å²) >= 11 is 0. The average Bonchev–Trinajstić information content (AvgIpc) is 3.35. The number of esters is 1. The maximum Gasteiger partial charge on any atom is 0.333 e. The number of carbonyl (C=O) groups is 1. The number of rotatable bonds is 8. The van der Waals surface area contributed by atoms with Crippen LogP contribution in [0.4, 0.5) is 5.95 Å². The largest absolute Gasteiger partial charge is 0.460 e. The third-order valence-corrected chi connectivity index (χ3v) is 7.04. The molecule has 12 nitrogen and oxygen atoms in total. The van der Waals surface area contributed by atoms with Gasteiger partial charge in [0.1, 0.15) is 19.0 Å². The van der Waals surface area contributed by atoms with Crippen molar-refractivity contribution in [2.75, 3.05) is 24.6 Å². The van der Waals surface area contributed by atoms with Crippen LogP contribution in [0.1, 0.15) is 31.3 Å². The first-order valence-electron chi connectivity index (χ1n) is 13.4. The van der Waals surface area contributed by atoms with Crippen LogP contribution >= 0.6 is 0 Å². The van der Waals surface area contributed by atoms with Crippen molar-refractivity contribution in [2.45, 2.75) is 52.4 Å². The van der Waals surface area contributed by atoms with Gasteiger partial charge in [-0.25, -0.2) is 14.8 Å². The molecule has 3 aromatic heterocycles. The number of anilines is 1. The molecule has 4 heterocycles. The smallest absolute Gasteiger partial charge is 0.333 e. The highest BCUT2D eigenvalue weighted by Crippen LogP contribution is 2.23. The van der Waals surface area contributed by atoms with Gasteiger partial charge in [0.15, 0.2) is 11.2 Å². The van der Waals surface area contributed by atoms with Crippen LogP contribution in [0.25, 0.3) is 22.1 Å². The van der Waals surface area contributed by atoms with Crippen molar-refractivity contribution in [3.8, 4) is 11.8 Å². The van der Waals surface area contributed by atoms with Crippen molar-refractivity contribution < 1.29 is 9.53 Å². The highest BCUT2D eigenvalue weighted by atomic mass is 16.5. The number of carbonyl (C=O) groups excluding carboxylic acids is 1. The van der Waals surface area contributed by atoms with Crippen LogP contribution < -0.4 is 21.9 Å². The van der Waals surface area contributed by atoms with Crippen LogP contribution in [0.2, 0.25) is 0 Å². The molecule has 1 aromatic carbocycles. The minimum Gasteiger partial charge on any atom is -0.460 e. The number of ether oxygens (including phenoxy) is 1. The van der Waals surface area contributed by atoms with Crippen molar-refractivity contribution in [2.24, 2.45) is 5.73 Å². The number of imidazole rings is 1. The lowest BCUT2D eigenvalue weighted by molar-refractivity contribution is -0.143. The first kappa shape index (κ1) is 27.8. The van der Waals surface area contributed by atoms with E-state index in [2.05, 4.69) is 28.4 Å². The second kappa shape index (κ2) is 11.8. The summed E-state index contributed by atoms with van der Waals surface area (Å²) in [5.74, 6) is 5.98. The Hall–Kier alpha value is -4.76. The lowest BCUT2D eigenvalue weighted by atomic mass is 10.1. The molecule has 4 aromatic rings. The zero-order valence-corrected chi connectivity index (χ0v) is 23.2. The average molecular weight is 557 g/mol. The molecule has 212 valence electrons. The number of hydrogen-bond donors (Lipinski definition) is 1. The van der Waals surface area contributed by atoms with Crippen molar-refractivity contribution in [3.05, 3.63) is 69.3 Å². The van der Waals surface area contributed by atoms with E-state index in [-0.39, 0.29) is 36.9 Å². The molecule has 0 radical (unpaired) electrons. The molecule has 2 N–H and O–H groups in total. The summed E-state index contributed by atoms with van der Waals surface area (Å²) in [4.78, 5) is 56.5. The molecule has 41 heavy (non-hydrogen) atoms. The first-order chi connectivity index (χ1) is 19.8. The number of fused-ring (bicyclic) bond motifs is 2. The molecule has 1 fully saturated rings. The van der Waals surface area contributed by atoms with Gasteiger partial charge in [-0.2, -0.15) is 4.98 Å². The molecule has 0 spiro atoms. The number of nitrogens with zero attached hydrogens (tertiary/aromatic N) is 7. The number of aromatic nitrogens is 6. The molecule has 1 unspecified atom stereocenters. The van der Waals surface area contributed by atoms with E-state index in [1.54, 1.807) is 11.5 Å². The molecule has 0 amide bonds. The summed E-state index contributed by atoms with van der Waals surface area (Å²) in [6, 6.07) is 7.46. The summed E-state index contributed by atoms with van der Waals surface area (Å²) in [6.07, 6.45) is 3.17. The summed E-state index contributed by atoms with van der Waals surface area (Å²) < 4.78 is 9.07. The number of hydrogen-bond acceptors (Lipinski definition) is 9. The standard InChI is InChI=1S/C29H32N8O4/c1-4-6-14-35-25-26(33-28(35)34-13-9-10-20(30)16-34)36(18-24(38)41-15-5-2)29(40)37(27(25)39)17-23-31-19(3)21-11-7-8-12-22(21)32-23/h5,7-8,11-12,20H,2,9-10,13-18,30H2,1,3H3. The Morgan fingerprint density at radius 3 is 2.76 bits per heavy atom. The van der Waals surface area contributed by atoms with Gasteiger partial charge in [-0.3, -0.25) is 23.3 Å². The van der Waals surface area contributed by atoms with E-state index in [0.717, 1.165) is 28.5 Å². The second-order valence-corrected chi connectivity index (χ2v) is 9.92. The van der Waals surface area contributed by atoms with E-state index < -0.39 is 23.8 Å². The highest BCUT2D eigenvalue weighted by molar-refractivity contribution is 5.80. The van der Waals surface area contributed by atoms with Gasteiger partial charge in [-0.15, -0.1) is 5.92 Å². The van der Waals surface area contributed by atoms with Crippen molar-refractivity contribution >= 4 is 34.0 Å². The van der Waals surface area contributed by atoms with Gasteiger partial charge in [-0.1, -0.05) is 36.8 Å². The SMILES string of the molecule is C=CCOC(=O)Cn1c(=O)n(Cc2nc(C)c3ccccc3n2)c(=O)c2c1nc(N1CCCC(N)C1)n2CC#CC. The minimum absolute atomic E-state index is 0.0159. The number of nitrogens with two attached hydrogens (primary N) is 1. The van der Waals surface area contributed by atoms with E-state index in [0.29, 0.717) is 30.4 Å². The minimum atomic E-state index is -0.722. The number of piperidine rings is 1. The van der Waals surface area contributed by atoms with Crippen LogP contribution in [0, 0.1) is 18.8 Å². The normalized spacial score (nSPS) is 15.1. The first-order valence-corrected chi connectivity index (χ1v) is 13.4. The van der Waals surface area contributed by atoms with E-state index in [9.17, 15) is 14.4 Å². The Morgan fingerprint density at radius 2 is 2.00 bits per heavy atom. The quantitative estimate of drug-likeness (QED) is 0.193. The van der Waals surface area contributed by atoms with Crippen LogP contribution in [0.5, 0.6) is 0 Å². The van der Waals surface area contributed by atoms with E-state index >= 15 is 0 Å². The monoisotopic (exact) mass is 556 g/mol. The van der Waals surface area contributed by atoms with Gasteiger partial charge in [-0.05, 0) is 32.8 Å². The van der Waals surface area contributed by atoms with Crippen LogP contribution in [-0.2, 0) is 29.2 Å². The molecule has 0 aliphatic carbocycles. The molecule has 1 atom stereocenters. The summed E-state index contributed by atoms with van der Waals surface area (Å²) in [7, 11) is 0. The van der Waals surface area contributed by atoms with Crippen molar-refractivity contribution in [1.29, 1.82) is 0 Å². The van der Waals surface area contributed by atoms with E-state index in [1.807, 2.05) is 36.1 Å². The Bertz CT molecular complexity index is 1820. The molecule has 1 aliphatic heterocycles. The summed E-state index contributed by atoms with van der Waals surface area (Å²) in [6.45, 7) is 7.83. The molecule has 0 bridgehead atoms. The van der Waals surface area contributed by atoms with Gasteiger partial charge in [0, 0.05) is 30.2 Å². The van der Waals surface area contributed by atoms with Gasteiger partial charge in [0.05, 0.1) is 18.6 Å². The van der Waals surface area contributed by atoms with Gasteiger partial charge in [0.2, 0.25) is 5.95 Å². The third kappa shape index (κ3) is 5.49. The van der Waals surface area contributed by atoms with E-state index in [1.165, 1.54) is 10.6 Å². The number of benzene rings is 1. The Labute approximate surface area is 236 Å². The molecular weight excluding hydrogens is 524 g/mol. The third-order valence-electron chi connectivity index (χ3n) is 7.04. The maximum absolute atomic E-state index is 14.1. The molecule has 1 saturated heterocycles. The Morgan fingerprint density at radius 1 is 1.20 bits per heavy atom. The summed E-state index contributed by atoms with van der Waals surface area (Å²) in [5, 5.41) is 0.877. The lowest BCUT2D eigenvalue weighted by Crippen LogP contribution is -2.44. The highest BCUT2D eigenvalue weighted by Gasteiger charge is 2.28. The predicted molar refractivity (Wildman–Crippen MR) is 156 cm³/mol. The molecule has 5 rings (SSSR count). The predicted octanol–water partition coefficient (Wildman–Crippen LogP) is 1.34. The maximum atomic E-state index is 14.1. The molecule has 12 heteroatoms. The fourth-order valence-corrected chi connectivity index (χ4v) is 5.14. The Kier molecular flexibility index (Phi) is 7.98. The van der Waals surface area contributed by atoms with Crippen LogP contribution in [0.3, 0.4) is 0 Å².